The molecule has 2 heteroatoms. The fraction of sp³-hybridized carbons (Fsp3) is 0.867. The summed E-state index contributed by atoms with van der Waals surface area (Å²) in [5.41, 5.74) is 1.48. The first-order valence-corrected chi connectivity index (χ1v) is 6.86. The molecule has 0 spiro atoms. The van der Waals surface area contributed by atoms with Crippen molar-refractivity contribution in [2.24, 2.45) is 5.92 Å². The third-order valence-corrected chi connectivity index (χ3v) is 3.66. The molecule has 1 heterocycles. The summed E-state index contributed by atoms with van der Waals surface area (Å²) in [7, 11) is 0. The van der Waals surface area contributed by atoms with Crippen LogP contribution >= 0.6 is 0 Å². The zero-order chi connectivity index (χ0) is 13.1. The van der Waals surface area contributed by atoms with Gasteiger partial charge in [0.15, 0.2) is 0 Å². The van der Waals surface area contributed by atoms with Gasteiger partial charge in [0.2, 0.25) is 0 Å². The largest absolute Gasteiger partial charge is 0.369 e. The normalized spacial score (nSPS) is 27.4. The molecule has 1 rings (SSSR count). The molecule has 0 aromatic heterocycles. The van der Waals surface area contributed by atoms with Crippen molar-refractivity contribution in [1.29, 1.82) is 0 Å². The van der Waals surface area contributed by atoms with Crippen LogP contribution in [0.4, 0.5) is 0 Å². The second kappa shape index (κ2) is 5.53. The Labute approximate surface area is 107 Å². The molecule has 1 unspecified atom stereocenters. The molecule has 1 N–H and O–H groups in total. The maximum atomic E-state index is 6.14. The highest BCUT2D eigenvalue weighted by Gasteiger charge is 2.46. The minimum atomic E-state index is -0.0255. The van der Waals surface area contributed by atoms with E-state index in [4.69, 9.17) is 4.74 Å². The highest BCUT2D eigenvalue weighted by Crippen LogP contribution is 2.45. The summed E-state index contributed by atoms with van der Waals surface area (Å²) in [6.07, 6.45) is 4.62. The topological polar surface area (TPSA) is 21.3 Å². The summed E-state index contributed by atoms with van der Waals surface area (Å²) in [6, 6.07) is 0. The third kappa shape index (κ3) is 4.11. The molecule has 1 fully saturated rings. The number of rotatable bonds is 5. The molecular weight excluding hydrogens is 210 g/mol. The second-order valence-corrected chi connectivity index (χ2v) is 6.31. The second-order valence-electron chi connectivity index (χ2n) is 6.31. The highest BCUT2D eigenvalue weighted by atomic mass is 16.5. The molecule has 1 saturated heterocycles. The van der Waals surface area contributed by atoms with E-state index < -0.39 is 0 Å². The van der Waals surface area contributed by atoms with Crippen molar-refractivity contribution in [3.05, 3.63) is 11.6 Å². The van der Waals surface area contributed by atoms with Gasteiger partial charge in [-0.1, -0.05) is 18.6 Å². The van der Waals surface area contributed by atoms with Crippen LogP contribution in [-0.2, 0) is 4.74 Å². The average molecular weight is 239 g/mol. The van der Waals surface area contributed by atoms with Gasteiger partial charge in [-0.05, 0) is 60.5 Å². The van der Waals surface area contributed by atoms with Crippen LogP contribution in [0.3, 0.4) is 0 Å². The Morgan fingerprint density at radius 1 is 1.35 bits per heavy atom. The quantitative estimate of drug-likeness (QED) is 0.585. The van der Waals surface area contributed by atoms with Crippen molar-refractivity contribution in [3.8, 4) is 0 Å². The summed E-state index contributed by atoms with van der Waals surface area (Å²) < 4.78 is 6.14. The highest BCUT2D eigenvalue weighted by molar-refractivity contribution is 5.13. The molecule has 17 heavy (non-hydrogen) atoms. The average Bonchev–Trinajstić information content (AvgIpc) is 2.41. The molecule has 1 aliphatic rings. The van der Waals surface area contributed by atoms with Gasteiger partial charge in [-0.25, -0.2) is 0 Å². The predicted molar refractivity (Wildman–Crippen MR) is 74.3 cm³/mol. The van der Waals surface area contributed by atoms with Crippen LogP contribution in [0.2, 0.25) is 0 Å². The predicted octanol–water partition coefficient (Wildman–Crippen LogP) is 3.53. The Hall–Kier alpha value is -0.340. The van der Waals surface area contributed by atoms with Gasteiger partial charge in [0, 0.05) is 5.92 Å². The first-order chi connectivity index (χ1) is 7.78. The van der Waals surface area contributed by atoms with Gasteiger partial charge in [0.25, 0.3) is 0 Å². The van der Waals surface area contributed by atoms with E-state index in [2.05, 4.69) is 52.9 Å². The molecule has 0 radical (unpaired) electrons. The van der Waals surface area contributed by atoms with Gasteiger partial charge in [-0.3, -0.25) is 0 Å². The Morgan fingerprint density at radius 3 is 2.47 bits per heavy atom. The molecule has 0 amide bonds. The lowest BCUT2D eigenvalue weighted by atomic mass is 9.82. The van der Waals surface area contributed by atoms with Gasteiger partial charge < -0.3 is 10.1 Å². The smallest absolute Gasteiger partial charge is 0.0699 e. The van der Waals surface area contributed by atoms with Crippen molar-refractivity contribution >= 4 is 0 Å². The van der Waals surface area contributed by atoms with E-state index in [1.54, 1.807) is 0 Å². The molecule has 1 atom stereocenters. The Kier molecular flexibility index (Phi) is 4.79. The standard InChI is InChI=1S/C15H29NO/c1-7-16-10-8-9-12(2)13-11-14(3,4)17-15(13,5)6/h9,13,16H,7-8,10-11H2,1-6H3/b12-9-. The van der Waals surface area contributed by atoms with E-state index in [1.807, 2.05) is 0 Å². The lowest BCUT2D eigenvalue weighted by Crippen LogP contribution is -2.30. The lowest BCUT2D eigenvalue weighted by molar-refractivity contribution is -0.0714. The molecule has 0 aliphatic carbocycles. The van der Waals surface area contributed by atoms with E-state index in [1.165, 1.54) is 5.57 Å². The summed E-state index contributed by atoms with van der Waals surface area (Å²) >= 11 is 0. The zero-order valence-electron chi connectivity index (χ0n) is 12.4. The number of ether oxygens (including phenoxy) is 1. The minimum Gasteiger partial charge on any atom is -0.369 e. The van der Waals surface area contributed by atoms with Crippen molar-refractivity contribution in [2.45, 2.75) is 65.6 Å². The molecular formula is C15H29NO. The third-order valence-electron chi connectivity index (χ3n) is 3.66. The maximum Gasteiger partial charge on any atom is 0.0699 e. The van der Waals surface area contributed by atoms with Crippen molar-refractivity contribution < 1.29 is 4.74 Å². The Bertz CT molecular complexity index is 279. The van der Waals surface area contributed by atoms with E-state index in [0.29, 0.717) is 5.92 Å². The van der Waals surface area contributed by atoms with Crippen LogP contribution in [0.5, 0.6) is 0 Å². The monoisotopic (exact) mass is 239 g/mol. The van der Waals surface area contributed by atoms with Gasteiger partial charge >= 0.3 is 0 Å². The number of nitrogens with one attached hydrogen (secondary N) is 1. The van der Waals surface area contributed by atoms with Gasteiger partial charge in [0.05, 0.1) is 11.2 Å². The van der Waals surface area contributed by atoms with Crippen LogP contribution in [-0.4, -0.2) is 24.3 Å². The van der Waals surface area contributed by atoms with Crippen LogP contribution in [0.15, 0.2) is 11.6 Å². The Morgan fingerprint density at radius 2 is 2.00 bits per heavy atom. The molecule has 0 aromatic carbocycles. The zero-order valence-corrected chi connectivity index (χ0v) is 12.4. The molecule has 1 aliphatic heterocycles. The van der Waals surface area contributed by atoms with Crippen LogP contribution in [0.25, 0.3) is 0 Å². The fourth-order valence-electron chi connectivity index (χ4n) is 2.99. The summed E-state index contributed by atoms with van der Waals surface area (Å²) in [5.74, 6) is 0.555. The van der Waals surface area contributed by atoms with E-state index in [0.717, 1.165) is 25.9 Å². The van der Waals surface area contributed by atoms with Crippen LogP contribution in [0.1, 0.15) is 54.4 Å². The molecule has 2 nitrogen and oxygen atoms in total. The van der Waals surface area contributed by atoms with Gasteiger partial charge in [0.1, 0.15) is 0 Å². The number of hydrogen-bond acceptors (Lipinski definition) is 2. The molecule has 100 valence electrons. The SMILES string of the molecule is CCNCC/C=C(/C)C1CC(C)(C)OC1(C)C. The first kappa shape index (κ1) is 14.7. The number of hydrogen-bond donors (Lipinski definition) is 1. The summed E-state index contributed by atoms with van der Waals surface area (Å²) in [5, 5.41) is 3.36. The van der Waals surface area contributed by atoms with E-state index in [-0.39, 0.29) is 11.2 Å². The van der Waals surface area contributed by atoms with Crippen molar-refractivity contribution in [2.75, 3.05) is 13.1 Å². The van der Waals surface area contributed by atoms with Crippen LogP contribution in [0, 0.1) is 5.92 Å². The first-order valence-electron chi connectivity index (χ1n) is 6.86. The van der Waals surface area contributed by atoms with Crippen LogP contribution < -0.4 is 5.32 Å². The Balaban J connectivity index is 2.59. The van der Waals surface area contributed by atoms with Crippen molar-refractivity contribution in [3.63, 3.8) is 0 Å². The lowest BCUT2D eigenvalue weighted by Gasteiger charge is -2.28. The van der Waals surface area contributed by atoms with Crippen molar-refractivity contribution in [1.82, 2.24) is 5.32 Å². The molecule has 0 bridgehead atoms. The van der Waals surface area contributed by atoms with Gasteiger partial charge in [-0.2, -0.15) is 0 Å². The molecule has 0 aromatic rings. The maximum absolute atomic E-state index is 6.14. The fourth-order valence-corrected chi connectivity index (χ4v) is 2.99. The van der Waals surface area contributed by atoms with E-state index >= 15 is 0 Å². The van der Waals surface area contributed by atoms with E-state index in [9.17, 15) is 0 Å². The summed E-state index contributed by atoms with van der Waals surface area (Å²) in [6.45, 7) is 15.3. The van der Waals surface area contributed by atoms with Gasteiger partial charge in [-0.15, -0.1) is 0 Å². The minimum absolute atomic E-state index is 0.0188. The molecule has 0 saturated carbocycles. The summed E-state index contributed by atoms with van der Waals surface area (Å²) in [4.78, 5) is 0.